The first-order valence-corrected chi connectivity index (χ1v) is 6.43. The maximum Gasteiger partial charge on any atom is 0.0340 e. The Bertz CT molecular complexity index is 285. The highest BCUT2D eigenvalue weighted by Gasteiger charge is 1.98. The molecule has 0 unspecified atom stereocenters. The quantitative estimate of drug-likeness (QED) is 0.686. The lowest BCUT2D eigenvalue weighted by molar-refractivity contribution is 0.567. The fraction of sp³-hybridized carbons (Fsp3) is 0.600. The highest BCUT2D eigenvalue weighted by atomic mass is 14.9. The Balaban J connectivity index is 2.32. The number of anilines is 1. The van der Waals surface area contributed by atoms with Gasteiger partial charge in [0.1, 0.15) is 0 Å². The van der Waals surface area contributed by atoms with Crippen molar-refractivity contribution < 1.29 is 0 Å². The molecule has 1 heteroatoms. The van der Waals surface area contributed by atoms with E-state index in [2.05, 4.69) is 57.3 Å². The normalized spacial score (nSPS) is 11.1. The second-order valence-electron chi connectivity index (χ2n) is 5.24. The molecule has 16 heavy (non-hydrogen) atoms. The van der Waals surface area contributed by atoms with Crippen LogP contribution in [0, 0.1) is 5.92 Å². The van der Waals surface area contributed by atoms with E-state index in [0.717, 1.165) is 12.5 Å². The summed E-state index contributed by atoms with van der Waals surface area (Å²) >= 11 is 0. The Hall–Kier alpha value is -0.980. The Morgan fingerprint density at radius 1 is 1.00 bits per heavy atom. The van der Waals surface area contributed by atoms with Crippen LogP contribution < -0.4 is 5.32 Å². The maximum atomic E-state index is 3.47. The molecule has 0 bridgehead atoms. The van der Waals surface area contributed by atoms with Crippen LogP contribution in [-0.2, 0) is 0 Å². The van der Waals surface area contributed by atoms with E-state index in [1.807, 2.05) is 0 Å². The molecule has 0 atom stereocenters. The predicted molar refractivity (Wildman–Crippen MR) is 73.1 cm³/mol. The number of nitrogens with one attached hydrogen (secondary N) is 1. The smallest absolute Gasteiger partial charge is 0.0340 e. The van der Waals surface area contributed by atoms with Crippen molar-refractivity contribution in [3.05, 3.63) is 29.8 Å². The molecule has 1 nitrogen and oxygen atoms in total. The molecular weight excluding hydrogens is 194 g/mol. The molecule has 1 aromatic carbocycles. The zero-order valence-corrected chi connectivity index (χ0v) is 11.1. The fourth-order valence-corrected chi connectivity index (χ4v) is 1.73. The van der Waals surface area contributed by atoms with E-state index in [9.17, 15) is 0 Å². The van der Waals surface area contributed by atoms with E-state index >= 15 is 0 Å². The summed E-state index contributed by atoms with van der Waals surface area (Å²) in [5.41, 5.74) is 2.65. The molecule has 0 aliphatic rings. The monoisotopic (exact) mass is 219 g/mol. The Labute approximate surface area is 100 Å². The average Bonchev–Trinajstić information content (AvgIpc) is 2.25. The summed E-state index contributed by atoms with van der Waals surface area (Å²) in [6, 6.07) is 8.81. The lowest BCUT2D eigenvalue weighted by atomic mass is 10.0. The summed E-state index contributed by atoms with van der Waals surface area (Å²) < 4.78 is 0. The van der Waals surface area contributed by atoms with Gasteiger partial charge in [-0.05, 0) is 42.4 Å². The molecule has 0 amide bonds. The molecule has 0 saturated heterocycles. The molecule has 0 saturated carbocycles. The largest absolute Gasteiger partial charge is 0.385 e. The molecular formula is C15H25N. The van der Waals surface area contributed by atoms with Crippen LogP contribution in [0.1, 0.15) is 52.0 Å². The predicted octanol–water partition coefficient (Wildman–Crippen LogP) is 4.66. The third-order valence-corrected chi connectivity index (χ3v) is 2.86. The van der Waals surface area contributed by atoms with Gasteiger partial charge in [0.15, 0.2) is 0 Å². The van der Waals surface area contributed by atoms with Crippen LogP contribution >= 0.6 is 0 Å². The summed E-state index contributed by atoms with van der Waals surface area (Å²) in [6.07, 6.45) is 2.56. The van der Waals surface area contributed by atoms with Crippen LogP contribution in [0.4, 0.5) is 5.69 Å². The minimum atomic E-state index is 0.620. The van der Waals surface area contributed by atoms with Gasteiger partial charge in [-0.3, -0.25) is 0 Å². The lowest BCUT2D eigenvalue weighted by Crippen LogP contribution is -2.03. The molecule has 1 N–H and O–H groups in total. The second kappa shape index (κ2) is 6.57. The summed E-state index contributed by atoms with van der Waals surface area (Å²) in [7, 11) is 0. The van der Waals surface area contributed by atoms with Crippen LogP contribution in [0.5, 0.6) is 0 Å². The van der Waals surface area contributed by atoms with E-state index in [-0.39, 0.29) is 0 Å². The molecule has 0 spiro atoms. The van der Waals surface area contributed by atoms with Gasteiger partial charge in [-0.15, -0.1) is 0 Å². The van der Waals surface area contributed by atoms with E-state index in [1.54, 1.807) is 0 Å². The average molecular weight is 219 g/mol. The van der Waals surface area contributed by atoms with Crippen molar-refractivity contribution in [2.75, 3.05) is 11.9 Å². The van der Waals surface area contributed by atoms with E-state index in [4.69, 9.17) is 0 Å². The van der Waals surface area contributed by atoms with E-state index in [1.165, 1.54) is 24.1 Å². The minimum absolute atomic E-state index is 0.620. The molecule has 0 aromatic heterocycles. The molecule has 0 radical (unpaired) electrons. The Morgan fingerprint density at radius 2 is 1.62 bits per heavy atom. The summed E-state index contributed by atoms with van der Waals surface area (Å²) in [5, 5.41) is 3.47. The molecule has 1 rings (SSSR count). The number of hydrogen-bond acceptors (Lipinski definition) is 1. The number of benzene rings is 1. The summed E-state index contributed by atoms with van der Waals surface area (Å²) in [6.45, 7) is 10.1. The van der Waals surface area contributed by atoms with Crippen molar-refractivity contribution in [1.29, 1.82) is 0 Å². The van der Waals surface area contributed by atoms with Gasteiger partial charge >= 0.3 is 0 Å². The SMILES string of the molecule is CC(C)CCCNc1ccc(C(C)C)cc1. The van der Waals surface area contributed by atoms with Crippen molar-refractivity contribution in [1.82, 2.24) is 0 Å². The lowest BCUT2D eigenvalue weighted by Gasteiger charge is -2.10. The second-order valence-corrected chi connectivity index (χ2v) is 5.24. The van der Waals surface area contributed by atoms with Crippen molar-refractivity contribution in [2.45, 2.75) is 46.5 Å². The van der Waals surface area contributed by atoms with Crippen LogP contribution in [0.15, 0.2) is 24.3 Å². The van der Waals surface area contributed by atoms with Gasteiger partial charge in [0.25, 0.3) is 0 Å². The van der Waals surface area contributed by atoms with Crippen LogP contribution in [-0.4, -0.2) is 6.54 Å². The zero-order chi connectivity index (χ0) is 12.0. The first kappa shape index (κ1) is 13.1. The van der Waals surface area contributed by atoms with Crippen molar-refractivity contribution >= 4 is 5.69 Å². The maximum absolute atomic E-state index is 3.47. The van der Waals surface area contributed by atoms with Crippen molar-refractivity contribution in [3.63, 3.8) is 0 Å². The first-order valence-electron chi connectivity index (χ1n) is 6.43. The van der Waals surface area contributed by atoms with Crippen LogP contribution in [0.2, 0.25) is 0 Å². The first-order chi connectivity index (χ1) is 7.59. The topological polar surface area (TPSA) is 12.0 Å². The third-order valence-electron chi connectivity index (χ3n) is 2.86. The molecule has 0 aliphatic carbocycles. The third kappa shape index (κ3) is 4.69. The molecule has 0 fully saturated rings. The number of rotatable bonds is 6. The standard InChI is InChI=1S/C15H25N/c1-12(2)6-5-11-16-15-9-7-14(8-10-15)13(3)4/h7-10,12-13,16H,5-6,11H2,1-4H3. The molecule has 1 aromatic rings. The van der Waals surface area contributed by atoms with Gasteiger partial charge in [0, 0.05) is 12.2 Å². The van der Waals surface area contributed by atoms with Crippen LogP contribution in [0.25, 0.3) is 0 Å². The van der Waals surface area contributed by atoms with Gasteiger partial charge < -0.3 is 5.32 Å². The summed E-state index contributed by atoms with van der Waals surface area (Å²) in [5.74, 6) is 1.43. The van der Waals surface area contributed by atoms with Crippen molar-refractivity contribution in [2.24, 2.45) is 5.92 Å². The Morgan fingerprint density at radius 3 is 2.12 bits per heavy atom. The zero-order valence-electron chi connectivity index (χ0n) is 11.1. The fourth-order valence-electron chi connectivity index (χ4n) is 1.73. The van der Waals surface area contributed by atoms with E-state index < -0.39 is 0 Å². The highest BCUT2D eigenvalue weighted by Crippen LogP contribution is 2.17. The van der Waals surface area contributed by atoms with Gasteiger partial charge in [0.2, 0.25) is 0 Å². The van der Waals surface area contributed by atoms with Gasteiger partial charge in [-0.2, -0.15) is 0 Å². The number of hydrogen-bond donors (Lipinski definition) is 1. The minimum Gasteiger partial charge on any atom is -0.385 e. The highest BCUT2D eigenvalue weighted by molar-refractivity contribution is 5.44. The molecule has 0 aliphatic heterocycles. The van der Waals surface area contributed by atoms with Crippen LogP contribution in [0.3, 0.4) is 0 Å². The van der Waals surface area contributed by atoms with Gasteiger partial charge in [-0.1, -0.05) is 39.8 Å². The molecule has 0 heterocycles. The summed E-state index contributed by atoms with van der Waals surface area (Å²) in [4.78, 5) is 0. The van der Waals surface area contributed by atoms with Crippen molar-refractivity contribution in [3.8, 4) is 0 Å². The Kier molecular flexibility index (Phi) is 5.37. The van der Waals surface area contributed by atoms with Gasteiger partial charge in [-0.25, -0.2) is 0 Å². The van der Waals surface area contributed by atoms with Gasteiger partial charge in [0.05, 0.1) is 0 Å². The van der Waals surface area contributed by atoms with E-state index in [0.29, 0.717) is 5.92 Å². The molecule has 90 valence electrons.